The van der Waals surface area contributed by atoms with Crippen molar-refractivity contribution in [3.8, 4) is 11.5 Å². The first-order valence-corrected chi connectivity index (χ1v) is 14.9. The van der Waals surface area contributed by atoms with E-state index in [-0.39, 0.29) is 43.3 Å². The van der Waals surface area contributed by atoms with Crippen LogP contribution in [0.25, 0.3) is 0 Å². The van der Waals surface area contributed by atoms with E-state index in [4.69, 9.17) is 33.2 Å². The molecule has 0 saturated heterocycles. The standard InChI is InChI=1S/C31H49NO11/c1-9-11-21(5)39-30(35)42-26-14-13-24(18-27(26)43-31(36)40-22(6)12-10-2)17-25(28(33)37-8)32-19-23(7)41-29(34)38-16-15-20(3)4/h13-14,18,20-23,25,32H,9-12,15-17,19H2,1-8H3/t21?,22?,23?,25-/m0/s1. The fourth-order valence-electron chi connectivity index (χ4n) is 3.87. The number of rotatable bonds is 18. The van der Waals surface area contributed by atoms with Gasteiger partial charge in [-0.25, -0.2) is 14.4 Å². The molecule has 3 unspecified atom stereocenters. The van der Waals surface area contributed by atoms with Crippen LogP contribution in [0.2, 0.25) is 0 Å². The minimum atomic E-state index is -0.968. The molecule has 1 N–H and O–H groups in total. The number of nitrogens with one attached hydrogen (secondary N) is 1. The van der Waals surface area contributed by atoms with Crippen molar-refractivity contribution < 1.29 is 52.3 Å². The predicted molar refractivity (Wildman–Crippen MR) is 158 cm³/mol. The van der Waals surface area contributed by atoms with Gasteiger partial charge in [0, 0.05) is 6.54 Å². The predicted octanol–water partition coefficient (Wildman–Crippen LogP) is 6.36. The van der Waals surface area contributed by atoms with Crippen molar-refractivity contribution in [1.82, 2.24) is 5.32 Å². The molecule has 12 heteroatoms. The molecule has 244 valence electrons. The number of methoxy groups -OCH3 is 1. The van der Waals surface area contributed by atoms with Crippen LogP contribution in [0.4, 0.5) is 14.4 Å². The summed E-state index contributed by atoms with van der Waals surface area (Å²) in [6.45, 7) is 13.5. The third kappa shape index (κ3) is 16.0. The minimum Gasteiger partial charge on any atom is -0.468 e. The molecule has 0 aliphatic heterocycles. The summed E-state index contributed by atoms with van der Waals surface area (Å²) in [4.78, 5) is 49.4. The number of carbonyl (C=O) groups excluding carboxylic acids is 4. The van der Waals surface area contributed by atoms with Crippen LogP contribution in [0.5, 0.6) is 11.5 Å². The second-order valence-corrected chi connectivity index (χ2v) is 10.8. The Balaban J connectivity index is 3.03. The van der Waals surface area contributed by atoms with Gasteiger partial charge in [-0.05, 0) is 70.1 Å². The van der Waals surface area contributed by atoms with E-state index in [2.05, 4.69) is 5.32 Å². The number of esters is 1. The second-order valence-electron chi connectivity index (χ2n) is 10.8. The normalized spacial score (nSPS) is 13.7. The number of carbonyl (C=O) groups is 4. The molecule has 0 radical (unpaired) electrons. The average Bonchev–Trinajstić information content (AvgIpc) is 2.91. The van der Waals surface area contributed by atoms with Crippen LogP contribution in [0.15, 0.2) is 18.2 Å². The minimum absolute atomic E-state index is 0.0573. The summed E-state index contributed by atoms with van der Waals surface area (Å²) in [5.41, 5.74) is 0.550. The Hall–Kier alpha value is -3.54. The van der Waals surface area contributed by atoms with E-state index in [0.717, 1.165) is 19.3 Å². The van der Waals surface area contributed by atoms with Crippen molar-refractivity contribution in [1.29, 1.82) is 0 Å². The Labute approximate surface area is 255 Å². The Morgan fingerprint density at radius 2 is 1.30 bits per heavy atom. The van der Waals surface area contributed by atoms with Crippen molar-refractivity contribution in [2.24, 2.45) is 5.92 Å². The van der Waals surface area contributed by atoms with Gasteiger partial charge >= 0.3 is 24.4 Å². The third-order valence-corrected chi connectivity index (χ3v) is 6.17. The van der Waals surface area contributed by atoms with Crippen molar-refractivity contribution in [3.63, 3.8) is 0 Å². The van der Waals surface area contributed by atoms with Crippen LogP contribution in [-0.4, -0.2) is 69.1 Å². The van der Waals surface area contributed by atoms with Crippen LogP contribution in [-0.2, 0) is 34.9 Å². The molecule has 0 amide bonds. The molecule has 4 atom stereocenters. The third-order valence-electron chi connectivity index (χ3n) is 6.17. The highest BCUT2D eigenvalue weighted by atomic mass is 16.8. The van der Waals surface area contributed by atoms with E-state index in [1.807, 2.05) is 27.7 Å². The lowest BCUT2D eigenvalue weighted by atomic mass is 10.0. The summed E-state index contributed by atoms with van der Waals surface area (Å²) in [6, 6.07) is 3.67. The molecule has 1 rings (SSSR count). The van der Waals surface area contributed by atoms with Gasteiger partial charge in [0.2, 0.25) is 0 Å². The molecule has 0 fully saturated rings. The molecule has 0 aliphatic rings. The molecule has 1 aromatic rings. The molecular formula is C31H49NO11. The zero-order chi connectivity index (χ0) is 32.4. The monoisotopic (exact) mass is 611 g/mol. The maximum atomic E-state index is 12.6. The summed E-state index contributed by atoms with van der Waals surface area (Å²) in [7, 11) is 1.26. The Bertz CT molecular complexity index is 1010. The summed E-state index contributed by atoms with van der Waals surface area (Å²) < 4.78 is 36.6. The van der Waals surface area contributed by atoms with E-state index in [9.17, 15) is 19.2 Å². The van der Waals surface area contributed by atoms with E-state index in [1.54, 1.807) is 26.8 Å². The van der Waals surface area contributed by atoms with Crippen molar-refractivity contribution in [3.05, 3.63) is 23.8 Å². The Morgan fingerprint density at radius 3 is 1.84 bits per heavy atom. The second kappa shape index (κ2) is 20.4. The van der Waals surface area contributed by atoms with Gasteiger partial charge in [-0.15, -0.1) is 0 Å². The molecule has 0 spiro atoms. The number of benzene rings is 1. The molecule has 12 nitrogen and oxygen atoms in total. The molecule has 0 aromatic heterocycles. The van der Waals surface area contributed by atoms with E-state index >= 15 is 0 Å². The molecule has 0 aliphatic carbocycles. The highest BCUT2D eigenvalue weighted by molar-refractivity contribution is 5.76. The van der Waals surface area contributed by atoms with Gasteiger partial charge in [0.25, 0.3) is 0 Å². The first-order valence-electron chi connectivity index (χ1n) is 14.9. The van der Waals surface area contributed by atoms with Crippen LogP contribution >= 0.6 is 0 Å². The molecule has 0 bridgehead atoms. The molecular weight excluding hydrogens is 562 g/mol. The summed E-state index contributed by atoms with van der Waals surface area (Å²) in [5.74, 6) is -0.317. The lowest BCUT2D eigenvalue weighted by Gasteiger charge is -2.20. The number of hydrogen-bond acceptors (Lipinski definition) is 12. The molecule has 43 heavy (non-hydrogen) atoms. The van der Waals surface area contributed by atoms with Crippen molar-refractivity contribution in [2.75, 3.05) is 20.3 Å². The van der Waals surface area contributed by atoms with E-state index in [1.165, 1.54) is 19.2 Å². The van der Waals surface area contributed by atoms with Gasteiger partial charge in [-0.1, -0.05) is 46.6 Å². The summed E-state index contributed by atoms with van der Waals surface area (Å²) in [5, 5.41) is 3.03. The SMILES string of the molecule is CCCC(C)OC(=O)Oc1ccc(C[C@H](NCC(C)OC(=O)OCCC(C)C)C(=O)OC)cc1OC(=O)OC(C)CCC. The average molecular weight is 612 g/mol. The highest BCUT2D eigenvalue weighted by Crippen LogP contribution is 2.30. The zero-order valence-electron chi connectivity index (χ0n) is 26.8. The van der Waals surface area contributed by atoms with E-state index in [0.29, 0.717) is 24.3 Å². The molecule has 0 saturated carbocycles. The fourth-order valence-corrected chi connectivity index (χ4v) is 3.87. The Morgan fingerprint density at radius 1 is 0.744 bits per heavy atom. The smallest absolute Gasteiger partial charge is 0.468 e. The largest absolute Gasteiger partial charge is 0.514 e. The maximum Gasteiger partial charge on any atom is 0.514 e. The summed E-state index contributed by atoms with van der Waals surface area (Å²) in [6.07, 6.45) is -0.289. The van der Waals surface area contributed by atoms with Crippen LogP contribution < -0.4 is 14.8 Å². The number of ether oxygens (including phenoxy) is 7. The summed E-state index contributed by atoms with van der Waals surface area (Å²) >= 11 is 0. The van der Waals surface area contributed by atoms with Crippen LogP contribution in [0, 0.1) is 5.92 Å². The van der Waals surface area contributed by atoms with Gasteiger partial charge in [0.15, 0.2) is 11.5 Å². The van der Waals surface area contributed by atoms with Crippen LogP contribution in [0.1, 0.15) is 86.1 Å². The van der Waals surface area contributed by atoms with Crippen molar-refractivity contribution >= 4 is 24.4 Å². The van der Waals surface area contributed by atoms with Gasteiger partial charge < -0.3 is 38.5 Å². The molecule has 0 heterocycles. The Kier molecular flexibility index (Phi) is 17.8. The fraction of sp³-hybridized carbons (Fsp3) is 0.677. The lowest BCUT2D eigenvalue weighted by molar-refractivity contribution is -0.143. The van der Waals surface area contributed by atoms with Gasteiger partial charge in [-0.2, -0.15) is 0 Å². The first kappa shape index (κ1) is 37.5. The number of hydrogen-bond donors (Lipinski definition) is 1. The zero-order valence-corrected chi connectivity index (χ0v) is 26.8. The quantitative estimate of drug-likeness (QED) is 0.112. The lowest BCUT2D eigenvalue weighted by Crippen LogP contribution is -2.43. The maximum absolute atomic E-state index is 12.6. The van der Waals surface area contributed by atoms with Gasteiger partial charge in [0.1, 0.15) is 24.4 Å². The van der Waals surface area contributed by atoms with Gasteiger partial charge in [-0.3, -0.25) is 4.79 Å². The van der Waals surface area contributed by atoms with Crippen molar-refractivity contribution in [2.45, 2.75) is 111 Å². The van der Waals surface area contributed by atoms with Crippen LogP contribution in [0.3, 0.4) is 0 Å². The van der Waals surface area contributed by atoms with E-state index < -0.39 is 36.6 Å². The first-order chi connectivity index (χ1) is 20.4. The topological polar surface area (TPSA) is 145 Å². The highest BCUT2D eigenvalue weighted by Gasteiger charge is 2.24. The van der Waals surface area contributed by atoms with Gasteiger partial charge in [0.05, 0.1) is 13.7 Å². The molecule has 1 aromatic carbocycles.